The first kappa shape index (κ1) is 14.5. The first-order valence-corrected chi connectivity index (χ1v) is 6.27. The SMILES string of the molecule is CCOC(=O)C(CC)Oc1ccccc1[C@H](C)N. The molecule has 0 aliphatic rings. The monoisotopic (exact) mass is 251 g/mol. The first-order chi connectivity index (χ1) is 8.60. The average Bonchev–Trinajstić information content (AvgIpc) is 2.36. The molecule has 0 bridgehead atoms. The molecular formula is C14H21NO3. The minimum Gasteiger partial charge on any atom is -0.478 e. The van der Waals surface area contributed by atoms with Crippen molar-refractivity contribution in [3.63, 3.8) is 0 Å². The van der Waals surface area contributed by atoms with Crippen LogP contribution in [0.2, 0.25) is 0 Å². The van der Waals surface area contributed by atoms with Gasteiger partial charge in [0.2, 0.25) is 0 Å². The Morgan fingerprint density at radius 3 is 2.56 bits per heavy atom. The molecule has 100 valence electrons. The average molecular weight is 251 g/mol. The van der Waals surface area contributed by atoms with Crippen LogP contribution < -0.4 is 10.5 Å². The molecule has 1 aromatic rings. The van der Waals surface area contributed by atoms with E-state index in [2.05, 4.69) is 0 Å². The molecule has 0 aliphatic heterocycles. The van der Waals surface area contributed by atoms with Crippen molar-refractivity contribution in [1.29, 1.82) is 0 Å². The van der Waals surface area contributed by atoms with Crippen molar-refractivity contribution in [3.05, 3.63) is 29.8 Å². The molecule has 0 aromatic heterocycles. The van der Waals surface area contributed by atoms with E-state index in [4.69, 9.17) is 15.2 Å². The van der Waals surface area contributed by atoms with Crippen molar-refractivity contribution < 1.29 is 14.3 Å². The number of nitrogens with two attached hydrogens (primary N) is 1. The van der Waals surface area contributed by atoms with E-state index in [9.17, 15) is 4.79 Å². The van der Waals surface area contributed by atoms with Gasteiger partial charge in [0.15, 0.2) is 6.10 Å². The number of hydrogen-bond donors (Lipinski definition) is 1. The number of carbonyl (C=O) groups is 1. The molecule has 4 heteroatoms. The van der Waals surface area contributed by atoms with E-state index in [0.29, 0.717) is 18.8 Å². The molecule has 2 atom stereocenters. The van der Waals surface area contributed by atoms with E-state index in [1.54, 1.807) is 6.92 Å². The van der Waals surface area contributed by atoms with Crippen molar-refractivity contribution in [2.24, 2.45) is 5.73 Å². The van der Waals surface area contributed by atoms with Crippen LogP contribution >= 0.6 is 0 Å². The van der Waals surface area contributed by atoms with Gasteiger partial charge in [-0.05, 0) is 26.3 Å². The van der Waals surface area contributed by atoms with Gasteiger partial charge in [0.05, 0.1) is 6.61 Å². The summed E-state index contributed by atoms with van der Waals surface area (Å²) in [5.74, 6) is 0.312. The summed E-state index contributed by atoms with van der Waals surface area (Å²) < 4.78 is 10.7. The van der Waals surface area contributed by atoms with Gasteiger partial charge in [-0.15, -0.1) is 0 Å². The molecule has 1 aromatic carbocycles. The van der Waals surface area contributed by atoms with Crippen molar-refractivity contribution >= 4 is 5.97 Å². The molecule has 1 unspecified atom stereocenters. The van der Waals surface area contributed by atoms with Crippen LogP contribution in [-0.2, 0) is 9.53 Å². The van der Waals surface area contributed by atoms with Crippen molar-refractivity contribution in [2.75, 3.05) is 6.61 Å². The molecule has 0 amide bonds. The van der Waals surface area contributed by atoms with Crippen LogP contribution in [0.4, 0.5) is 0 Å². The van der Waals surface area contributed by atoms with Crippen LogP contribution in [0.15, 0.2) is 24.3 Å². The second-order valence-corrected chi connectivity index (χ2v) is 4.09. The number of hydrogen-bond acceptors (Lipinski definition) is 4. The lowest BCUT2D eigenvalue weighted by Gasteiger charge is -2.19. The van der Waals surface area contributed by atoms with Crippen LogP contribution in [0, 0.1) is 0 Å². The van der Waals surface area contributed by atoms with Gasteiger partial charge in [0, 0.05) is 11.6 Å². The van der Waals surface area contributed by atoms with E-state index in [1.165, 1.54) is 0 Å². The maximum Gasteiger partial charge on any atom is 0.347 e. The molecule has 1 rings (SSSR count). The summed E-state index contributed by atoms with van der Waals surface area (Å²) in [5, 5.41) is 0. The minimum absolute atomic E-state index is 0.138. The molecule has 0 radical (unpaired) electrons. The Balaban J connectivity index is 2.85. The smallest absolute Gasteiger partial charge is 0.347 e. The van der Waals surface area contributed by atoms with Gasteiger partial charge < -0.3 is 15.2 Å². The molecule has 4 nitrogen and oxygen atoms in total. The lowest BCUT2D eigenvalue weighted by molar-refractivity contribution is -0.151. The molecule has 0 aliphatic carbocycles. The third-order valence-electron chi connectivity index (χ3n) is 2.60. The van der Waals surface area contributed by atoms with Gasteiger partial charge in [0.1, 0.15) is 5.75 Å². The third kappa shape index (κ3) is 3.74. The van der Waals surface area contributed by atoms with Crippen molar-refractivity contribution in [3.8, 4) is 5.75 Å². The summed E-state index contributed by atoms with van der Waals surface area (Å²) in [6.07, 6.45) is -0.0172. The molecule has 0 fully saturated rings. The second kappa shape index (κ2) is 7.01. The van der Waals surface area contributed by atoms with Crippen molar-refractivity contribution in [1.82, 2.24) is 0 Å². The minimum atomic E-state index is -0.579. The van der Waals surface area contributed by atoms with Crippen LogP contribution in [0.5, 0.6) is 5.75 Å². The fraction of sp³-hybridized carbons (Fsp3) is 0.500. The zero-order chi connectivity index (χ0) is 13.5. The Kier molecular flexibility index (Phi) is 5.65. The fourth-order valence-corrected chi connectivity index (χ4v) is 1.65. The van der Waals surface area contributed by atoms with Crippen LogP contribution in [-0.4, -0.2) is 18.7 Å². The first-order valence-electron chi connectivity index (χ1n) is 6.27. The van der Waals surface area contributed by atoms with Gasteiger partial charge in [-0.3, -0.25) is 0 Å². The number of benzene rings is 1. The maximum atomic E-state index is 11.7. The predicted octanol–water partition coefficient (Wildman–Crippen LogP) is 2.43. The predicted molar refractivity (Wildman–Crippen MR) is 70.4 cm³/mol. The summed E-state index contributed by atoms with van der Waals surface area (Å²) in [7, 11) is 0. The Labute approximate surface area is 108 Å². The summed E-state index contributed by atoms with van der Waals surface area (Å²) in [6.45, 7) is 5.90. The van der Waals surface area contributed by atoms with E-state index in [-0.39, 0.29) is 12.0 Å². The highest BCUT2D eigenvalue weighted by molar-refractivity contribution is 5.75. The zero-order valence-electron chi connectivity index (χ0n) is 11.2. The molecule has 18 heavy (non-hydrogen) atoms. The van der Waals surface area contributed by atoms with E-state index in [1.807, 2.05) is 38.1 Å². The lowest BCUT2D eigenvalue weighted by Crippen LogP contribution is -2.29. The molecule has 0 saturated carbocycles. The standard InChI is InChI=1S/C14H21NO3/c1-4-12(14(16)17-5-2)18-13-9-7-6-8-11(13)10(3)15/h6-10,12H,4-5,15H2,1-3H3/t10-,12?/m0/s1. The number of ether oxygens (including phenoxy) is 2. The van der Waals surface area contributed by atoms with E-state index < -0.39 is 6.10 Å². The van der Waals surface area contributed by atoms with Crippen LogP contribution in [0.1, 0.15) is 38.8 Å². The molecular weight excluding hydrogens is 230 g/mol. The van der Waals surface area contributed by atoms with E-state index >= 15 is 0 Å². The van der Waals surface area contributed by atoms with E-state index in [0.717, 1.165) is 5.56 Å². The second-order valence-electron chi connectivity index (χ2n) is 4.09. The number of rotatable bonds is 6. The largest absolute Gasteiger partial charge is 0.478 e. The number of carbonyl (C=O) groups excluding carboxylic acids is 1. The molecule has 2 N–H and O–H groups in total. The molecule has 0 saturated heterocycles. The van der Waals surface area contributed by atoms with Gasteiger partial charge in [-0.2, -0.15) is 0 Å². The summed E-state index contributed by atoms with van der Waals surface area (Å²) in [6, 6.07) is 7.34. The Hall–Kier alpha value is -1.55. The van der Waals surface area contributed by atoms with Crippen LogP contribution in [0.3, 0.4) is 0 Å². The summed E-state index contributed by atoms with van der Waals surface area (Å²) >= 11 is 0. The highest BCUT2D eigenvalue weighted by Gasteiger charge is 2.21. The Morgan fingerprint density at radius 1 is 1.33 bits per heavy atom. The van der Waals surface area contributed by atoms with Crippen molar-refractivity contribution in [2.45, 2.75) is 39.3 Å². The molecule has 0 heterocycles. The normalized spacial score (nSPS) is 13.8. The lowest BCUT2D eigenvalue weighted by atomic mass is 10.1. The Bertz CT molecular complexity index is 390. The topological polar surface area (TPSA) is 61.5 Å². The summed E-state index contributed by atoms with van der Waals surface area (Å²) in [5.41, 5.74) is 6.76. The van der Waals surface area contributed by atoms with Gasteiger partial charge >= 0.3 is 5.97 Å². The van der Waals surface area contributed by atoms with Crippen LogP contribution in [0.25, 0.3) is 0 Å². The number of esters is 1. The quantitative estimate of drug-likeness (QED) is 0.789. The van der Waals surface area contributed by atoms with Gasteiger partial charge in [0.25, 0.3) is 0 Å². The number of para-hydroxylation sites is 1. The highest BCUT2D eigenvalue weighted by atomic mass is 16.6. The fourth-order valence-electron chi connectivity index (χ4n) is 1.65. The summed E-state index contributed by atoms with van der Waals surface area (Å²) in [4.78, 5) is 11.7. The zero-order valence-corrected chi connectivity index (χ0v) is 11.2. The third-order valence-corrected chi connectivity index (χ3v) is 2.60. The highest BCUT2D eigenvalue weighted by Crippen LogP contribution is 2.25. The van der Waals surface area contributed by atoms with Gasteiger partial charge in [-0.1, -0.05) is 25.1 Å². The van der Waals surface area contributed by atoms with Gasteiger partial charge in [-0.25, -0.2) is 4.79 Å². The Morgan fingerprint density at radius 2 is 2.00 bits per heavy atom. The molecule has 0 spiro atoms. The maximum absolute atomic E-state index is 11.7.